The van der Waals surface area contributed by atoms with Crippen LogP contribution in [-0.4, -0.2) is 67.9 Å². The first-order valence-corrected chi connectivity index (χ1v) is 12.1. The van der Waals surface area contributed by atoms with Gasteiger partial charge in [-0.25, -0.2) is 4.79 Å². The van der Waals surface area contributed by atoms with Crippen LogP contribution in [0.5, 0.6) is 0 Å². The van der Waals surface area contributed by atoms with Crippen molar-refractivity contribution in [3.63, 3.8) is 0 Å². The van der Waals surface area contributed by atoms with Crippen molar-refractivity contribution >= 4 is 22.6 Å². The van der Waals surface area contributed by atoms with Crippen molar-refractivity contribution in [2.24, 2.45) is 5.41 Å². The summed E-state index contributed by atoms with van der Waals surface area (Å²) in [7, 11) is 0. The highest BCUT2D eigenvalue weighted by Gasteiger charge is 2.34. The van der Waals surface area contributed by atoms with Gasteiger partial charge in [0.25, 0.3) is 0 Å². The number of carbonyl (C=O) groups is 1. The van der Waals surface area contributed by atoms with Crippen molar-refractivity contribution in [1.82, 2.24) is 25.0 Å². The van der Waals surface area contributed by atoms with Gasteiger partial charge in [-0.15, -0.1) is 0 Å². The lowest BCUT2D eigenvalue weighted by Crippen LogP contribution is -2.54. The molecule has 180 valence electrons. The number of carbonyl (C=O) groups excluding carboxylic acids is 1. The number of aliphatic hydroxyl groups excluding tert-OH is 1. The first kappa shape index (κ1) is 22.8. The molecule has 2 atom stereocenters. The highest BCUT2D eigenvalue weighted by Crippen LogP contribution is 2.34. The lowest BCUT2D eigenvalue weighted by molar-refractivity contribution is 0.0118. The molecule has 8 nitrogen and oxygen atoms in total. The van der Waals surface area contributed by atoms with E-state index in [1.165, 1.54) is 0 Å². The Kier molecular flexibility index (Phi) is 5.81. The molecule has 5 rings (SSSR count). The van der Waals surface area contributed by atoms with E-state index in [0.29, 0.717) is 13.1 Å². The number of aromatic amines is 1. The number of fused-ring (bicyclic) bond motifs is 2. The fourth-order valence-corrected chi connectivity index (χ4v) is 4.98. The van der Waals surface area contributed by atoms with E-state index >= 15 is 0 Å². The quantitative estimate of drug-likeness (QED) is 0.541. The second-order valence-corrected chi connectivity index (χ2v) is 10.8. The lowest BCUT2D eigenvalue weighted by Gasteiger charge is -2.42. The Bertz CT molecular complexity index is 1210. The number of pyridine rings is 1. The topological polar surface area (TPSA) is 97.4 Å². The van der Waals surface area contributed by atoms with Crippen molar-refractivity contribution in [2.75, 3.05) is 25.0 Å². The SMILES string of the molecule is Cc1cc(-c2n[nH]c3cc4c(cc23)CN([C@@H]2CCCN(CC(O)C(C)(C)C)C2)C(=O)N4)ccn1. The molecule has 2 aliphatic rings. The fraction of sp³-hybridized carbons (Fsp3) is 0.500. The van der Waals surface area contributed by atoms with Crippen molar-refractivity contribution in [3.05, 3.63) is 41.7 Å². The van der Waals surface area contributed by atoms with E-state index in [1.54, 1.807) is 6.20 Å². The Hall–Kier alpha value is -2.97. The van der Waals surface area contributed by atoms with Crippen molar-refractivity contribution < 1.29 is 9.90 Å². The summed E-state index contributed by atoms with van der Waals surface area (Å²) in [4.78, 5) is 21.6. The van der Waals surface area contributed by atoms with Crippen LogP contribution in [-0.2, 0) is 6.54 Å². The molecule has 8 heteroatoms. The van der Waals surface area contributed by atoms with Crippen molar-refractivity contribution in [3.8, 4) is 11.3 Å². The smallest absolute Gasteiger partial charge is 0.322 e. The van der Waals surface area contributed by atoms with Gasteiger partial charge in [-0.1, -0.05) is 20.8 Å². The highest BCUT2D eigenvalue weighted by molar-refractivity contribution is 6.00. The number of anilines is 1. The van der Waals surface area contributed by atoms with Gasteiger partial charge in [0.1, 0.15) is 5.69 Å². The number of nitrogens with one attached hydrogen (secondary N) is 2. The van der Waals surface area contributed by atoms with Crippen LogP contribution in [0.1, 0.15) is 44.9 Å². The first-order valence-electron chi connectivity index (χ1n) is 12.1. The molecule has 2 aliphatic heterocycles. The summed E-state index contributed by atoms with van der Waals surface area (Å²) >= 11 is 0. The minimum Gasteiger partial charge on any atom is -0.391 e. The Morgan fingerprint density at radius 1 is 1.26 bits per heavy atom. The third kappa shape index (κ3) is 4.40. The standard InChI is InChI=1S/C26H34N6O2/c1-16-10-17(7-8-27-16)24-20-11-18-13-32(25(34)28-21(18)12-22(20)29-30-24)19-6-5-9-31(14-19)15-23(33)26(2,3)4/h7-8,10-12,19,23,33H,5-6,9,13-15H2,1-4H3,(H,28,34)(H,29,30)/t19-,23?/m1/s1. The average Bonchev–Trinajstić information content (AvgIpc) is 3.19. The van der Waals surface area contributed by atoms with Crippen LogP contribution in [0.25, 0.3) is 22.2 Å². The number of piperidine rings is 1. The number of rotatable bonds is 4. The van der Waals surface area contributed by atoms with E-state index in [-0.39, 0.29) is 17.5 Å². The molecular weight excluding hydrogens is 428 g/mol. The molecule has 1 aromatic carbocycles. The Balaban J connectivity index is 1.39. The van der Waals surface area contributed by atoms with Crippen molar-refractivity contribution in [2.45, 2.75) is 59.2 Å². The van der Waals surface area contributed by atoms with Gasteiger partial charge in [0, 0.05) is 54.2 Å². The molecule has 0 radical (unpaired) electrons. The molecule has 3 aromatic rings. The summed E-state index contributed by atoms with van der Waals surface area (Å²) in [6, 6.07) is 8.20. The summed E-state index contributed by atoms with van der Waals surface area (Å²) in [6.45, 7) is 11.1. The summed E-state index contributed by atoms with van der Waals surface area (Å²) in [5.74, 6) is 0. The number of aromatic nitrogens is 3. The predicted octanol–water partition coefficient (Wildman–Crippen LogP) is 4.15. The zero-order chi connectivity index (χ0) is 24.0. The maximum atomic E-state index is 13.1. The van der Waals surface area contributed by atoms with E-state index in [4.69, 9.17) is 0 Å². The maximum absolute atomic E-state index is 13.1. The lowest BCUT2D eigenvalue weighted by atomic mass is 9.88. The number of amides is 2. The molecule has 0 saturated carbocycles. The Morgan fingerprint density at radius 3 is 2.85 bits per heavy atom. The van der Waals surface area contributed by atoms with Gasteiger partial charge in [0.05, 0.1) is 11.6 Å². The van der Waals surface area contributed by atoms with Gasteiger partial charge in [-0.3, -0.25) is 15.0 Å². The number of H-pyrrole nitrogens is 1. The van der Waals surface area contributed by atoms with Crippen LogP contribution in [0.3, 0.4) is 0 Å². The predicted molar refractivity (Wildman–Crippen MR) is 134 cm³/mol. The normalized spacial score (nSPS) is 20.3. The van der Waals surface area contributed by atoms with Gasteiger partial charge in [0.2, 0.25) is 0 Å². The Morgan fingerprint density at radius 2 is 2.09 bits per heavy atom. The van der Waals surface area contributed by atoms with Crippen LogP contribution in [0.2, 0.25) is 0 Å². The van der Waals surface area contributed by atoms with Crippen molar-refractivity contribution in [1.29, 1.82) is 0 Å². The molecule has 0 bridgehead atoms. The summed E-state index contributed by atoms with van der Waals surface area (Å²) in [6.07, 6.45) is 3.40. The molecule has 1 saturated heterocycles. The molecule has 2 aromatic heterocycles. The molecule has 1 unspecified atom stereocenters. The van der Waals surface area contributed by atoms with Crippen LogP contribution < -0.4 is 5.32 Å². The third-order valence-corrected chi connectivity index (χ3v) is 7.15. The van der Waals surface area contributed by atoms with E-state index in [2.05, 4.69) is 52.2 Å². The number of benzene rings is 1. The average molecular weight is 463 g/mol. The number of nitrogens with zero attached hydrogens (tertiary/aromatic N) is 4. The number of aryl methyl sites for hydroxylation is 1. The maximum Gasteiger partial charge on any atom is 0.322 e. The fourth-order valence-electron chi connectivity index (χ4n) is 4.98. The van der Waals surface area contributed by atoms with Gasteiger partial charge >= 0.3 is 6.03 Å². The highest BCUT2D eigenvalue weighted by atomic mass is 16.3. The van der Waals surface area contributed by atoms with E-state index in [0.717, 1.165) is 65.0 Å². The minimum atomic E-state index is -0.397. The Labute approximate surface area is 200 Å². The summed E-state index contributed by atoms with van der Waals surface area (Å²) in [5.41, 5.74) is 5.54. The molecule has 0 spiro atoms. The van der Waals surface area contributed by atoms with Crippen LogP contribution in [0, 0.1) is 12.3 Å². The molecule has 4 heterocycles. The van der Waals surface area contributed by atoms with Crippen LogP contribution in [0.15, 0.2) is 30.5 Å². The second kappa shape index (κ2) is 8.67. The van der Waals surface area contributed by atoms with E-state index < -0.39 is 6.10 Å². The molecule has 1 fully saturated rings. The summed E-state index contributed by atoms with van der Waals surface area (Å²) < 4.78 is 0. The molecule has 0 aliphatic carbocycles. The van der Waals surface area contributed by atoms with E-state index in [1.807, 2.05) is 30.0 Å². The molecule has 34 heavy (non-hydrogen) atoms. The zero-order valence-corrected chi connectivity index (χ0v) is 20.4. The number of aliphatic hydroxyl groups is 1. The number of β-amino-alcohol motifs (C(OH)–C–C–N with tert-alkyl or cyclic N) is 1. The summed E-state index contributed by atoms with van der Waals surface area (Å²) in [5, 5.41) is 22.4. The second-order valence-electron chi connectivity index (χ2n) is 10.8. The van der Waals surface area contributed by atoms with E-state index in [9.17, 15) is 9.90 Å². The number of likely N-dealkylation sites (tertiary alicyclic amines) is 1. The van der Waals surface area contributed by atoms with Gasteiger partial charge in [-0.05, 0) is 61.6 Å². The molecule has 3 N–H and O–H groups in total. The third-order valence-electron chi connectivity index (χ3n) is 7.15. The molecular formula is C26H34N6O2. The molecule has 2 amide bonds. The van der Waals surface area contributed by atoms with Gasteiger partial charge in [0.15, 0.2) is 0 Å². The van der Waals surface area contributed by atoms with Gasteiger partial charge in [-0.2, -0.15) is 5.10 Å². The minimum absolute atomic E-state index is 0.0560. The van der Waals surface area contributed by atoms with Crippen LogP contribution in [0.4, 0.5) is 10.5 Å². The first-order chi connectivity index (χ1) is 16.2. The largest absolute Gasteiger partial charge is 0.391 e. The number of urea groups is 1. The zero-order valence-electron chi connectivity index (χ0n) is 20.4. The number of hydrogen-bond donors (Lipinski definition) is 3. The van der Waals surface area contributed by atoms with Crippen LogP contribution >= 0.6 is 0 Å². The van der Waals surface area contributed by atoms with Gasteiger partial charge < -0.3 is 15.3 Å². The number of hydrogen-bond acceptors (Lipinski definition) is 5. The monoisotopic (exact) mass is 462 g/mol.